The number of nitrogens with zero attached hydrogens (tertiary/aromatic N) is 3. The van der Waals surface area contributed by atoms with Crippen LogP contribution in [0.2, 0.25) is 0 Å². The number of hydrogen-bond donors (Lipinski definition) is 2. The van der Waals surface area contributed by atoms with Gasteiger partial charge in [0.05, 0.1) is 4.92 Å². The molecule has 116 valence electrons. The van der Waals surface area contributed by atoms with Gasteiger partial charge in [0.1, 0.15) is 6.20 Å². The fourth-order valence-electron chi connectivity index (χ4n) is 2.27. The molecule has 0 saturated carbocycles. The average Bonchev–Trinajstić information content (AvgIpc) is 2.41. The largest absolute Gasteiger partial charge is 0.378 e. The van der Waals surface area contributed by atoms with Crippen molar-refractivity contribution < 1.29 is 4.92 Å². The fraction of sp³-hybridized carbons (Fsp3) is 0.333. The molecule has 2 aromatic rings. The Morgan fingerprint density at radius 1 is 1.41 bits per heavy atom. The Balaban J connectivity index is 2.07. The van der Waals surface area contributed by atoms with Crippen LogP contribution in [-0.2, 0) is 6.42 Å². The number of benzene rings is 1. The number of nitrogens with one attached hydrogen (secondary N) is 1. The van der Waals surface area contributed by atoms with E-state index in [2.05, 4.69) is 47.3 Å². The van der Waals surface area contributed by atoms with Gasteiger partial charge >= 0.3 is 5.69 Å². The minimum atomic E-state index is -0.599. The summed E-state index contributed by atoms with van der Waals surface area (Å²) in [5.74, 6) is 0.154. The maximum absolute atomic E-state index is 10.7. The van der Waals surface area contributed by atoms with Crippen molar-refractivity contribution in [2.24, 2.45) is 0 Å². The molecule has 0 radical (unpaired) electrons. The number of nitro groups is 1. The summed E-state index contributed by atoms with van der Waals surface area (Å²) in [6.45, 7) is 6.14. The van der Waals surface area contributed by atoms with Crippen molar-refractivity contribution in [3.63, 3.8) is 0 Å². The van der Waals surface area contributed by atoms with Gasteiger partial charge in [0.2, 0.25) is 11.8 Å². The Kier molecular flexibility index (Phi) is 4.55. The molecule has 0 aliphatic carbocycles. The maximum atomic E-state index is 10.7. The topological polar surface area (TPSA) is 107 Å². The molecule has 2 rings (SSSR count). The number of rotatable bonds is 5. The third kappa shape index (κ3) is 3.69. The third-order valence-corrected chi connectivity index (χ3v) is 3.39. The Morgan fingerprint density at radius 2 is 2.14 bits per heavy atom. The smallest absolute Gasteiger partial charge is 0.329 e. The number of aromatic nitrogens is 2. The monoisotopic (exact) mass is 301 g/mol. The summed E-state index contributed by atoms with van der Waals surface area (Å²) in [5, 5.41) is 13.8. The molecule has 0 aliphatic rings. The molecular formula is C15H19N5O2. The van der Waals surface area contributed by atoms with Gasteiger partial charge in [0.15, 0.2) is 0 Å². The lowest BCUT2D eigenvalue weighted by Crippen LogP contribution is -2.20. The zero-order valence-electron chi connectivity index (χ0n) is 12.8. The van der Waals surface area contributed by atoms with Crippen LogP contribution in [0.25, 0.3) is 0 Å². The average molecular weight is 301 g/mol. The van der Waals surface area contributed by atoms with Crippen LogP contribution in [0.5, 0.6) is 0 Å². The van der Waals surface area contributed by atoms with E-state index >= 15 is 0 Å². The molecular weight excluding hydrogens is 282 g/mol. The Morgan fingerprint density at radius 3 is 2.73 bits per heavy atom. The number of hydrogen-bond acceptors (Lipinski definition) is 6. The van der Waals surface area contributed by atoms with Gasteiger partial charge in [-0.1, -0.05) is 23.8 Å². The second-order valence-electron chi connectivity index (χ2n) is 5.40. The van der Waals surface area contributed by atoms with Crippen LogP contribution in [0, 0.1) is 24.0 Å². The van der Waals surface area contributed by atoms with Crippen molar-refractivity contribution in [3.05, 3.63) is 51.2 Å². The van der Waals surface area contributed by atoms with Gasteiger partial charge in [-0.3, -0.25) is 10.1 Å². The van der Waals surface area contributed by atoms with E-state index in [1.807, 2.05) is 6.92 Å². The van der Waals surface area contributed by atoms with Crippen molar-refractivity contribution >= 4 is 17.5 Å². The van der Waals surface area contributed by atoms with Crippen LogP contribution in [0.1, 0.15) is 23.6 Å². The maximum Gasteiger partial charge on any atom is 0.329 e. The molecule has 1 atom stereocenters. The highest BCUT2D eigenvalue weighted by Gasteiger charge is 2.15. The Bertz CT molecular complexity index is 702. The molecule has 1 aromatic carbocycles. The minimum absolute atomic E-state index is 0.0715. The van der Waals surface area contributed by atoms with E-state index < -0.39 is 4.92 Å². The van der Waals surface area contributed by atoms with Gasteiger partial charge in [-0.05, 0) is 38.3 Å². The number of nitrogens with two attached hydrogens (primary N) is 1. The summed E-state index contributed by atoms with van der Waals surface area (Å²) < 4.78 is 0. The van der Waals surface area contributed by atoms with Crippen LogP contribution in [0.15, 0.2) is 24.4 Å². The SMILES string of the molecule is Cc1ccc(CC(C)Nc2ncc([N+](=O)[O-])c(N)n2)c(C)c1. The van der Waals surface area contributed by atoms with Crippen LogP contribution in [0.4, 0.5) is 17.5 Å². The first-order chi connectivity index (χ1) is 10.4. The van der Waals surface area contributed by atoms with Crippen LogP contribution < -0.4 is 11.1 Å². The first-order valence-electron chi connectivity index (χ1n) is 6.96. The Labute approximate surface area is 128 Å². The van der Waals surface area contributed by atoms with E-state index in [0.29, 0.717) is 5.95 Å². The summed E-state index contributed by atoms with van der Waals surface area (Å²) in [4.78, 5) is 17.9. The molecule has 0 fully saturated rings. The molecule has 22 heavy (non-hydrogen) atoms. The highest BCUT2D eigenvalue weighted by Crippen LogP contribution is 2.19. The van der Waals surface area contributed by atoms with Crippen LogP contribution >= 0.6 is 0 Å². The van der Waals surface area contributed by atoms with Gasteiger partial charge in [-0.15, -0.1) is 0 Å². The molecule has 0 spiro atoms. The number of aryl methyl sites for hydroxylation is 2. The van der Waals surface area contributed by atoms with E-state index in [9.17, 15) is 10.1 Å². The first-order valence-corrected chi connectivity index (χ1v) is 6.96. The van der Waals surface area contributed by atoms with Gasteiger partial charge in [0, 0.05) is 6.04 Å². The summed E-state index contributed by atoms with van der Waals surface area (Å²) in [6.07, 6.45) is 1.92. The molecule has 1 heterocycles. The van der Waals surface area contributed by atoms with Crippen molar-refractivity contribution in [1.29, 1.82) is 0 Å². The zero-order valence-corrected chi connectivity index (χ0v) is 12.8. The van der Waals surface area contributed by atoms with E-state index in [-0.39, 0.29) is 17.5 Å². The third-order valence-electron chi connectivity index (χ3n) is 3.39. The van der Waals surface area contributed by atoms with Crippen molar-refractivity contribution in [2.75, 3.05) is 11.1 Å². The molecule has 0 bridgehead atoms. The number of nitrogen functional groups attached to an aromatic ring is 1. The van der Waals surface area contributed by atoms with E-state index in [4.69, 9.17) is 5.73 Å². The summed E-state index contributed by atoms with van der Waals surface area (Å²) >= 11 is 0. The molecule has 0 aliphatic heterocycles. The normalized spacial score (nSPS) is 12.0. The standard InChI is InChI=1S/C15H19N5O2/c1-9-4-5-12(10(2)6-9)7-11(3)18-15-17-8-13(20(21)22)14(16)19-15/h4-6,8,11H,7H2,1-3H3,(H3,16,17,18,19). The molecule has 1 aromatic heterocycles. The first kappa shape index (κ1) is 15.7. The highest BCUT2D eigenvalue weighted by molar-refractivity contribution is 5.53. The van der Waals surface area contributed by atoms with E-state index in [1.54, 1.807) is 0 Å². The molecule has 7 nitrogen and oxygen atoms in total. The van der Waals surface area contributed by atoms with Crippen molar-refractivity contribution in [2.45, 2.75) is 33.2 Å². The van der Waals surface area contributed by atoms with Gasteiger partial charge in [0.25, 0.3) is 0 Å². The lowest BCUT2D eigenvalue weighted by atomic mass is 10.00. The minimum Gasteiger partial charge on any atom is -0.378 e. The zero-order chi connectivity index (χ0) is 16.3. The molecule has 0 amide bonds. The van der Waals surface area contributed by atoms with Crippen molar-refractivity contribution in [1.82, 2.24) is 9.97 Å². The molecule has 7 heteroatoms. The lowest BCUT2D eigenvalue weighted by Gasteiger charge is -2.15. The number of anilines is 2. The van der Waals surface area contributed by atoms with Crippen LogP contribution in [-0.4, -0.2) is 20.9 Å². The molecule has 0 saturated heterocycles. The summed E-state index contributed by atoms with van der Waals surface area (Å²) in [6, 6.07) is 6.40. The summed E-state index contributed by atoms with van der Waals surface area (Å²) in [5.41, 5.74) is 8.97. The van der Waals surface area contributed by atoms with E-state index in [1.165, 1.54) is 16.7 Å². The Hall–Kier alpha value is -2.70. The predicted molar refractivity (Wildman–Crippen MR) is 85.8 cm³/mol. The lowest BCUT2D eigenvalue weighted by molar-refractivity contribution is -0.384. The molecule has 1 unspecified atom stereocenters. The molecule has 3 N–H and O–H groups in total. The predicted octanol–water partition coefficient (Wildman–Crippen LogP) is 2.63. The second-order valence-corrected chi connectivity index (χ2v) is 5.40. The quantitative estimate of drug-likeness (QED) is 0.649. The van der Waals surface area contributed by atoms with Crippen LogP contribution in [0.3, 0.4) is 0 Å². The highest BCUT2D eigenvalue weighted by atomic mass is 16.6. The summed E-state index contributed by atoms with van der Waals surface area (Å²) in [7, 11) is 0. The van der Waals surface area contributed by atoms with E-state index in [0.717, 1.165) is 12.6 Å². The van der Waals surface area contributed by atoms with Gasteiger partial charge in [-0.25, -0.2) is 4.98 Å². The van der Waals surface area contributed by atoms with Gasteiger partial charge in [-0.2, -0.15) is 4.98 Å². The van der Waals surface area contributed by atoms with Crippen molar-refractivity contribution in [3.8, 4) is 0 Å². The van der Waals surface area contributed by atoms with Gasteiger partial charge < -0.3 is 11.1 Å². The fourth-order valence-corrected chi connectivity index (χ4v) is 2.27. The second kappa shape index (κ2) is 6.38.